The monoisotopic (exact) mass is 386 g/mol. The highest BCUT2D eigenvalue weighted by molar-refractivity contribution is 5.69. The van der Waals surface area contributed by atoms with E-state index in [2.05, 4.69) is 4.74 Å². The van der Waals surface area contributed by atoms with Crippen molar-refractivity contribution in [3.05, 3.63) is 46.5 Å². The molecule has 0 unspecified atom stereocenters. The standard InChI is InChI=1S/C16H10F8O2/c1-2-3-4-26-16-13(23)9(19)6(10(20)14(16)24)5-7(17)11(21)15(25)12(22)8(5)18/h25H,2-4H2,1H3. The topological polar surface area (TPSA) is 29.5 Å². The third-order valence-electron chi connectivity index (χ3n) is 3.46. The molecule has 0 atom stereocenters. The largest absolute Gasteiger partial charge is 0.503 e. The Balaban J connectivity index is 2.78. The van der Waals surface area contributed by atoms with Gasteiger partial charge in [0.25, 0.3) is 0 Å². The molecule has 0 heterocycles. The van der Waals surface area contributed by atoms with Crippen LogP contribution in [0.5, 0.6) is 11.5 Å². The zero-order chi connectivity index (χ0) is 19.8. The molecule has 0 spiro atoms. The van der Waals surface area contributed by atoms with Gasteiger partial charge in [-0.1, -0.05) is 13.3 Å². The van der Waals surface area contributed by atoms with E-state index in [1.165, 1.54) is 0 Å². The van der Waals surface area contributed by atoms with Crippen LogP contribution in [0.15, 0.2) is 0 Å². The highest BCUT2D eigenvalue weighted by Gasteiger charge is 2.34. The Kier molecular flexibility index (Phi) is 5.62. The fraction of sp³-hybridized carbons (Fsp3) is 0.250. The van der Waals surface area contributed by atoms with Gasteiger partial charge in [-0.2, -0.15) is 17.6 Å². The first-order valence-corrected chi connectivity index (χ1v) is 7.19. The van der Waals surface area contributed by atoms with Crippen LogP contribution in [0, 0.1) is 46.5 Å². The predicted molar refractivity (Wildman–Crippen MR) is 73.6 cm³/mol. The molecule has 0 aliphatic heterocycles. The van der Waals surface area contributed by atoms with Gasteiger partial charge in [0.1, 0.15) is 0 Å². The van der Waals surface area contributed by atoms with Gasteiger partial charge >= 0.3 is 0 Å². The van der Waals surface area contributed by atoms with Crippen LogP contribution in [-0.2, 0) is 0 Å². The molecular formula is C16H10F8O2. The Morgan fingerprint density at radius 2 is 1.04 bits per heavy atom. The Morgan fingerprint density at radius 3 is 1.42 bits per heavy atom. The Labute approximate surface area is 141 Å². The summed E-state index contributed by atoms with van der Waals surface area (Å²) < 4.78 is 115. The molecule has 142 valence electrons. The lowest BCUT2D eigenvalue weighted by Crippen LogP contribution is -2.10. The maximum atomic E-state index is 14.1. The van der Waals surface area contributed by atoms with E-state index >= 15 is 0 Å². The second-order valence-electron chi connectivity index (χ2n) is 5.14. The molecule has 0 bridgehead atoms. The number of aromatic hydroxyl groups is 1. The number of hydrogen-bond donors (Lipinski definition) is 1. The second kappa shape index (κ2) is 7.38. The van der Waals surface area contributed by atoms with Gasteiger partial charge in [0.15, 0.2) is 34.8 Å². The van der Waals surface area contributed by atoms with Crippen molar-refractivity contribution < 1.29 is 45.0 Å². The van der Waals surface area contributed by atoms with Gasteiger partial charge in [-0.25, -0.2) is 17.6 Å². The van der Waals surface area contributed by atoms with Gasteiger partial charge < -0.3 is 9.84 Å². The molecule has 26 heavy (non-hydrogen) atoms. The van der Waals surface area contributed by atoms with Crippen LogP contribution in [0.25, 0.3) is 11.1 Å². The Bertz CT molecular complexity index is 808. The van der Waals surface area contributed by atoms with Crippen molar-refractivity contribution in [1.29, 1.82) is 0 Å². The summed E-state index contributed by atoms with van der Waals surface area (Å²) in [4.78, 5) is 0. The van der Waals surface area contributed by atoms with Crippen molar-refractivity contribution in [2.75, 3.05) is 6.61 Å². The Hall–Kier alpha value is -2.52. The quantitative estimate of drug-likeness (QED) is 0.427. The van der Waals surface area contributed by atoms with Gasteiger partial charge in [0.2, 0.25) is 23.3 Å². The fourth-order valence-electron chi connectivity index (χ4n) is 2.12. The lowest BCUT2D eigenvalue weighted by atomic mass is 10.0. The lowest BCUT2D eigenvalue weighted by Gasteiger charge is -2.15. The number of unbranched alkanes of at least 4 members (excludes halogenated alkanes) is 1. The maximum Gasteiger partial charge on any atom is 0.204 e. The van der Waals surface area contributed by atoms with Gasteiger partial charge in [-0.05, 0) is 6.42 Å². The summed E-state index contributed by atoms with van der Waals surface area (Å²) in [7, 11) is 0. The van der Waals surface area contributed by atoms with Crippen molar-refractivity contribution in [3.8, 4) is 22.6 Å². The van der Waals surface area contributed by atoms with Crippen LogP contribution in [0.2, 0.25) is 0 Å². The summed E-state index contributed by atoms with van der Waals surface area (Å²) in [6.07, 6.45) is 0.802. The minimum Gasteiger partial charge on any atom is -0.503 e. The summed E-state index contributed by atoms with van der Waals surface area (Å²) in [5.74, 6) is -22.1. The number of rotatable bonds is 5. The normalized spacial score (nSPS) is 11.1. The molecule has 2 rings (SSSR count). The first kappa shape index (κ1) is 19.8. The molecule has 0 saturated carbocycles. The van der Waals surface area contributed by atoms with E-state index in [0.717, 1.165) is 0 Å². The predicted octanol–water partition coefficient (Wildman–Crippen LogP) is 5.35. The number of ether oxygens (including phenoxy) is 1. The average Bonchev–Trinajstić information content (AvgIpc) is 2.62. The molecule has 1 N–H and O–H groups in total. The summed E-state index contributed by atoms with van der Waals surface area (Å²) >= 11 is 0. The van der Waals surface area contributed by atoms with E-state index < -0.39 is 69.2 Å². The average molecular weight is 386 g/mol. The first-order chi connectivity index (χ1) is 12.1. The maximum absolute atomic E-state index is 14.1. The molecule has 0 aliphatic carbocycles. The van der Waals surface area contributed by atoms with Crippen LogP contribution in [-0.4, -0.2) is 11.7 Å². The molecule has 2 nitrogen and oxygen atoms in total. The van der Waals surface area contributed by atoms with Crippen molar-refractivity contribution in [2.45, 2.75) is 19.8 Å². The van der Waals surface area contributed by atoms with Crippen LogP contribution < -0.4 is 4.74 Å². The molecule has 0 saturated heterocycles. The van der Waals surface area contributed by atoms with Crippen LogP contribution in [0.1, 0.15) is 19.8 Å². The Morgan fingerprint density at radius 1 is 0.654 bits per heavy atom. The van der Waals surface area contributed by atoms with E-state index in [1.807, 2.05) is 0 Å². The first-order valence-electron chi connectivity index (χ1n) is 7.19. The van der Waals surface area contributed by atoms with Crippen LogP contribution in [0.4, 0.5) is 35.1 Å². The highest BCUT2D eigenvalue weighted by atomic mass is 19.2. The smallest absolute Gasteiger partial charge is 0.204 e. The molecule has 0 fully saturated rings. The second-order valence-corrected chi connectivity index (χ2v) is 5.14. The number of hydrogen-bond acceptors (Lipinski definition) is 2. The molecule has 0 radical (unpaired) electrons. The van der Waals surface area contributed by atoms with E-state index in [-0.39, 0.29) is 13.0 Å². The third kappa shape index (κ3) is 3.04. The molecule has 2 aromatic carbocycles. The van der Waals surface area contributed by atoms with E-state index in [9.17, 15) is 35.1 Å². The minimum atomic E-state index is -2.43. The number of phenols is 1. The fourth-order valence-corrected chi connectivity index (χ4v) is 2.12. The SMILES string of the molecule is CCCCOc1c(F)c(F)c(-c2c(F)c(F)c(O)c(F)c2F)c(F)c1F. The van der Waals surface area contributed by atoms with Gasteiger partial charge in [0, 0.05) is 0 Å². The van der Waals surface area contributed by atoms with Crippen molar-refractivity contribution in [2.24, 2.45) is 0 Å². The van der Waals surface area contributed by atoms with Crippen molar-refractivity contribution in [1.82, 2.24) is 0 Å². The van der Waals surface area contributed by atoms with E-state index in [1.54, 1.807) is 6.92 Å². The number of benzene rings is 2. The van der Waals surface area contributed by atoms with E-state index in [0.29, 0.717) is 6.42 Å². The number of phenolic OH excluding ortho intramolecular Hbond substituents is 1. The number of halogens is 8. The van der Waals surface area contributed by atoms with E-state index in [4.69, 9.17) is 5.11 Å². The van der Waals surface area contributed by atoms with Gasteiger partial charge in [-0.15, -0.1) is 0 Å². The minimum absolute atomic E-state index is 0.279. The third-order valence-corrected chi connectivity index (χ3v) is 3.46. The molecular weight excluding hydrogens is 376 g/mol. The van der Waals surface area contributed by atoms with Crippen LogP contribution in [0.3, 0.4) is 0 Å². The highest BCUT2D eigenvalue weighted by Crippen LogP contribution is 2.41. The lowest BCUT2D eigenvalue weighted by molar-refractivity contribution is 0.267. The molecule has 0 aliphatic rings. The molecule has 0 amide bonds. The molecule has 10 heteroatoms. The van der Waals surface area contributed by atoms with Gasteiger partial charge in [-0.3, -0.25) is 0 Å². The summed E-state index contributed by atoms with van der Waals surface area (Å²) in [6, 6.07) is 0. The summed E-state index contributed by atoms with van der Waals surface area (Å²) in [5, 5.41) is 8.87. The zero-order valence-electron chi connectivity index (χ0n) is 13.0. The summed E-state index contributed by atoms with van der Waals surface area (Å²) in [5.41, 5.74) is -4.07. The molecule has 2 aromatic rings. The van der Waals surface area contributed by atoms with Crippen LogP contribution >= 0.6 is 0 Å². The van der Waals surface area contributed by atoms with Gasteiger partial charge in [0.05, 0.1) is 17.7 Å². The van der Waals surface area contributed by atoms with Crippen molar-refractivity contribution in [3.63, 3.8) is 0 Å². The summed E-state index contributed by atoms with van der Waals surface area (Å²) in [6.45, 7) is 1.38. The molecule has 0 aromatic heterocycles. The van der Waals surface area contributed by atoms with Crippen molar-refractivity contribution >= 4 is 0 Å². The zero-order valence-corrected chi connectivity index (χ0v) is 13.0.